The topological polar surface area (TPSA) is 83.1 Å². The van der Waals surface area contributed by atoms with E-state index in [4.69, 9.17) is 21.3 Å². The van der Waals surface area contributed by atoms with Crippen LogP contribution in [-0.2, 0) is 4.79 Å². The average molecular weight is 454 g/mol. The van der Waals surface area contributed by atoms with Crippen molar-refractivity contribution in [1.29, 1.82) is 0 Å². The summed E-state index contributed by atoms with van der Waals surface area (Å²) in [5.41, 5.74) is 4.24. The van der Waals surface area contributed by atoms with Crippen molar-refractivity contribution in [2.24, 2.45) is 0 Å². The summed E-state index contributed by atoms with van der Waals surface area (Å²) in [6, 6.07) is 11.0. The molecular formula is C24H28ClN5O2. The summed E-state index contributed by atoms with van der Waals surface area (Å²) in [4.78, 5) is 25.5. The number of hydrogen-bond acceptors (Lipinski definition) is 5. The maximum atomic E-state index is 10.6. The SMILES string of the molecule is O=CNC1CCN(c2ccc(-c3nc4nc(OC5CCCCC5)[nH]c4cc3Cl)cc2)CC1. The molecule has 1 aliphatic heterocycles. The number of piperidine rings is 1. The number of nitrogens with one attached hydrogen (secondary N) is 2. The third kappa shape index (κ3) is 4.53. The second-order valence-electron chi connectivity index (χ2n) is 8.70. The number of anilines is 1. The highest BCUT2D eigenvalue weighted by Crippen LogP contribution is 2.32. The van der Waals surface area contributed by atoms with Gasteiger partial charge in [-0.3, -0.25) is 4.79 Å². The molecule has 3 aromatic rings. The van der Waals surface area contributed by atoms with Crippen molar-refractivity contribution in [3.05, 3.63) is 35.4 Å². The van der Waals surface area contributed by atoms with Gasteiger partial charge in [0.1, 0.15) is 6.10 Å². The third-order valence-corrected chi connectivity index (χ3v) is 6.83. The van der Waals surface area contributed by atoms with E-state index < -0.39 is 0 Å². The Bertz CT molecular complexity index is 1070. The Kier molecular flexibility index (Phi) is 6.17. The number of hydrogen-bond donors (Lipinski definition) is 2. The Morgan fingerprint density at radius 3 is 2.53 bits per heavy atom. The fourth-order valence-electron chi connectivity index (χ4n) is 4.73. The van der Waals surface area contributed by atoms with E-state index in [0.29, 0.717) is 16.7 Å². The number of fused-ring (bicyclic) bond motifs is 1. The highest BCUT2D eigenvalue weighted by Gasteiger charge is 2.20. The van der Waals surface area contributed by atoms with E-state index in [0.717, 1.165) is 62.0 Å². The number of pyridine rings is 1. The van der Waals surface area contributed by atoms with Crippen LogP contribution < -0.4 is 15.0 Å². The van der Waals surface area contributed by atoms with Gasteiger partial charge in [0, 0.05) is 30.4 Å². The lowest BCUT2D eigenvalue weighted by atomic mass is 9.98. The summed E-state index contributed by atoms with van der Waals surface area (Å²) in [5, 5.41) is 3.47. The summed E-state index contributed by atoms with van der Waals surface area (Å²) in [6.45, 7) is 1.85. The number of halogens is 1. The van der Waals surface area contributed by atoms with Crippen LogP contribution in [0.5, 0.6) is 6.01 Å². The molecule has 32 heavy (non-hydrogen) atoms. The van der Waals surface area contributed by atoms with Gasteiger partial charge in [-0.15, -0.1) is 0 Å². The van der Waals surface area contributed by atoms with Gasteiger partial charge in [-0.05, 0) is 56.7 Å². The molecule has 7 nitrogen and oxygen atoms in total. The van der Waals surface area contributed by atoms with Gasteiger partial charge in [-0.2, -0.15) is 4.98 Å². The van der Waals surface area contributed by atoms with Crippen LogP contribution in [0.25, 0.3) is 22.4 Å². The molecule has 1 aromatic carbocycles. The van der Waals surface area contributed by atoms with Crippen LogP contribution >= 0.6 is 11.6 Å². The van der Waals surface area contributed by atoms with E-state index in [1.165, 1.54) is 24.9 Å². The molecule has 0 bridgehead atoms. The molecule has 0 atom stereocenters. The highest BCUT2D eigenvalue weighted by atomic mass is 35.5. The predicted octanol–water partition coefficient (Wildman–Crippen LogP) is 4.70. The van der Waals surface area contributed by atoms with Crippen LogP contribution in [0.4, 0.5) is 5.69 Å². The van der Waals surface area contributed by atoms with Gasteiger partial charge in [0.15, 0.2) is 5.65 Å². The second kappa shape index (κ2) is 9.36. The van der Waals surface area contributed by atoms with Crippen molar-refractivity contribution in [2.45, 2.75) is 57.1 Å². The molecule has 168 valence electrons. The van der Waals surface area contributed by atoms with Crippen molar-refractivity contribution in [1.82, 2.24) is 20.3 Å². The van der Waals surface area contributed by atoms with Crippen LogP contribution in [0.3, 0.4) is 0 Å². The smallest absolute Gasteiger partial charge is 0.296 e. The van der Waals surface area contributed by atoms with Gasteiger partial charge in [-0.1, -0.05) is 30.2 Å². The number of carbonyl (C=O) groups excluding carboxylic acids is 1. The molecule has 1 saturated heterocycles. The van der Waals surface area contributed by atoms with Crippen LogP contribution in [0.15, 0.2) is 30.3 Å². The molecule has 3 heterocycles. The van der Waals surface area contributed by atoms with Crippen molar-refractivity contribution in [3.8, 4) is 17.3 Å². The minimum Gasteiger partial charge on any atom is -0.461 e. The average Bonchev–Trinajstić information content (AvgIpc) is 3.21. The molecule has 0 radical (unpaired) electrons. The van der Waals surface area contributed by atoms with Gasteiger partial charge < -0.3 is 19.9 Å². The van der Waals surface area contributed by atoms with Gasteiger partial charge in [0.05, 0.1) is 16.2 Å². The minimum atomic E-state index is 0.228. The number of carbonyl (C=O) groups is 1. The molecular weight excluding hydrogens is 426 g/mol. The van der Waals surface area contributed by atoms with Gasteiger partial charge >= 0.3 is 0 Å². The number of aromatic amines is 1. The molecule has 2 aliphatic rings. The summed E-state index contributed by atoms with van der Waals surface area (Å²) in [6.07, 6.45) is 8.80. The molecule has 0 unspecified atom stereocenters. The molecule has 2 aromatic heterocycles. The van der Waals surface area contributed by atoms with Crippen LogP contribution in [-0.4, -0.2) is 46.6 Å². The Morgan fingerprint density at radius 1 is 1.06 bits per heavy atom. The lowest BCUT2D eigenvalue weighted by molar-refractivity contribution is -0.110. The first-order chi connectivity index (χ1) is 15.7. The first kappa shape index (κ1) is 21.1. The zero-order valence-corrected chi connectivity index (χ0v) is 18.8. The molecule has 0 spiro atoms. The van der Waals surface area contributed by atoms with Crippen LogP contribution in [0, 0.1) is 0 Å². The van der Waals surface area contributed by atoms with Gasteiger partial charge in [0.2, 0.25) is 6.41 Å². The summed E-state index contributed by atoms with van der Waals surface area (Å²) < 4.78 is 6.05. The fourth-order valence-corrected chi connectivity index (χ4v) is 4.99. The third-order valence-electron chi connectivity index (χ3n) is 6.54. The standard InChI is InChI=1S/C24H28ClN5O2/c25-20-14-21-23(29-24(27-21)32-19-4-2-1-3-5-19)28-22(20)16-6-8-18(9-7-16)30-12-10-17(11-13-30)26-15-31/h6-9,14-15,17,19H,1-5,10-13H2,(H,26,31)(H,27,28,29). The number of rotatable bonds is 6. The van der Waals surface area contributed by atoms with Crippen molar-refractivity contribution in [3.63, 3.8) is 0 Å². The number of amides is 1. The summed E-state index contributed by atoms with van der Waals surface area (Å²) in [5.74, 6) is 0. The number of nitrogens with zero attached hydrogens (tertiary/aromatic N) is 3. The lowest BCUT2D eigenvalue weighted by Crippen LogP contribution is -2.42. The van der Waals surface area contributed by atoms with E-state index >= 15 is 0 Å². The Hall–Kier alpha value is -2.80. The maximum Gasteiger partial charge on any atom is 0.296 e. The molecule has 5 rings (SSSR count). The number of aromatic nitrogens is 3. The molecule has 8 heteroatoms. The lowest BCUT2D eigenvalue weighted by Gasteiger charge is -2.33. The fraction of sp³-hybridized carbons (Fsp3) is 0.458. The van der Waals surface area contributed by atoms with E-state index in [1.54, 1.807) is 0 Å². The van der Waals surface area contributed by atoms with E-state index in [-0.39, 0.29) is 12.1 Å². The zero-order chi connectivity index (χ0) is 21.9. The predicted molar refractivity (Wildman–Crippen MR) is 126 cm³/mol. The molecule has 1 saturated carbocycles. The zero-order valence-electron chi connectivity index (χ0n) is 18.0. The highest BCUT2D eigenvalue weighted by molar-refractivity contribution is 6.33. The number of H-pyrrole nitrogens is 1. The minimum absolute atomic E-state index is 0.228. The second-order valence-corrected chi connectivity index (χ2v) is 9.11. The van der Waals surface area contributed by atoms with Crippen molar-refractivity contribution < 1.29 is 9.53 Å². The molecule has 2 N–H and O–H groups in total. The number of benzene rings is 1. The first-order valence-electron chi connectivity index (χ1n) is 11.5. The number of imidazole rings is 1. The van der Waals surface area contributed by atoms with Crippen molar-refractivity contribution >= 4 is 34.9 Å². The first-order valence-corrected chi connectivity index (χ1v) is 11.9. The summed E-state index contributed by atoms with van der Waals surface area (Å²) >= 11 is 6.58. The largest absolute Gasteiger partial charge is 0.461 e. The van der Waals surface area contributed by atoms with E-state index in [9.17, 15) is 4.79 Å². The molecule has 1 aliphatic carbocycles. The molecule has 2 fully saturated rings. The summed E-state index contributed by atoms with van der Waals surface area (Å²) in [7, 11) is 0. The maximum absolute atomic E-state index is 10.6. The monoisotopic (exact) mass is 453 g/mol. The Morgan fingerprint density at radius 2 is 1.81 bits per heavy atom. The van der Waals surface area contributed by atoms with Crippen LogP contribution in [0.2, 0.25) is 5.02 Å². The quantitative estimate of drug-likeness (QED) is 0.528. The Balaban J connectivity index is 1.31. The van der Waals surface area contributed by atoms with E-state index in [1.807, 2.05) is 6.07 Å². The van der Waals surface area contributed by atoms with Crippen LogP contribution in [0.1, 0.15) is 44.9 Å². The van der Waals surface area contributed by atoms with Gasteiger partial charge in [-0.25, -0.2) is 4.98 Å². The Labute approximate surface area is 192 Å². The number of ether oxygens (including phenoxy) is 1. The van der Waals surface area contributed by atoms with Crippen molar-refractivity contribution in [2.75, 3.05) is 18.0 Å². The normalized spacial score (nSPS) is 18.1. The van der Waals surface area contributed by atoms with E-state index in [2.05, 4.69) is 44.5 Å². The molecule has 1 amide bonds. The van der Waals surface area contributed by atoms with Gasteiger partial charge in [0.25, 0.3) is 6.01 Å².